The minimum absolute atomic E-state index is 0. The second-order valence-corrected chi connectivity index (χ2v) is 7.20. The molecular formula is C21H39IN4O2. The van der Waals surface area contributed by atoms with Gasteiger partial charge in [-0.1, -0.05) is 6.42 Å². The summed E-state index contributed by atoms with van der Waals surface area (Å²) in [6.45, 7) is 10.9. The van der Waals surface area contributed by atoms with E-state index in [1.54, 1.807) is 6.26 Å². The highest BCUT2D eigenvalue weighted by Gasteiger charge is 2.16. The summed E-state index contributed by atoms with van der Waals surface area (Å²) in [6.07, 6.45) is 8.74. The maximum absolute atomic E-state index is 5.40. The zero-order chi connectivity index (χ0) is 19.2. The van der Waals surface area contributed by atoms with Crippen LogP contribution < -0.4 is 10.6 Å². The Morgan fingerprint density at radius 1 is 1.25 bits per heavy atom. The Labute approximate surface area is 187 Å². The Balaban J connectivity index is 0.00000392. The number of rotatable bonds is 12. The van der Waals surface area contributed by atoms with E-state index in [1.807, 2.05) is 19.1 Å². The van der Waals surface area contributed by atoms with Gasteiger partial charge in [0.25, 0.3) is 0 Å². The van der Waals surface area contributed by atoms with Crippen LogP contribution in [0.3, 0.4) is 0 Å². The van der Waals surface area contributed by atoms with Gasteiger partial charge in [-0.2, -0.15) is 0 Å². The van der Waals surface area contributed by atoms with E-state index in [9.17, 15) is 0 Å². The molecule has 1 atom stereocenters. The molecule has 7 heteroatoms. The molecule has 6 nitrogen and oxygen atoms in total. The largest absolute Gasteiger partial charge is 0.469 e. The van der Waals surface area contributed by atoms with Gasteiger partial charge in [0, 0.05) is 45.3 Å². The number of furan rings is 1. The summed E-state index contributed by atoms with van der Waals surface area (Å²) >= 11 is 0. The first kappa shape index (κ1) is 25.2. The molecular weight excluding hydrogens is 467 g/mol. The minimum atomic E-state index is 0. The molecule has 0 spiro atoms. The Bertz CT molecular complexity index is 505. The van der Waals surface area contributed by atoms with Crippen LogP contribution in [0, 0.1) is 0 Å². The number of nitrogens with zero attached hydrogens (tertiary/aromatic N) is 2. The maximum Gasteiger partial charge on any atom is 0.191 e. The summed E-state index contributed by atoms with van der Waals surface area (Å²) in [5.74, 6) is 1.89. The summed E-state index contributed by atoms with van der Waals surface area (Å²) in [5.41, 5.74) is 0. The molecule has 28 heavy (non-hydrogen) atoms. The van der Waals surface area contributed by atoms with Crippen LogP contribution in [0.1, 0.15) is 51.7 Å². The molecule has 1 fully saturated rings. The van der Waals surface area contributed by atoms with E-state index < -0.39 is 0 Å². The van der Waals surface area contributed by atoms with Gasteiger partial charge in [-0.05, 0) is 64.8 Å². The molecule has 0 radical (unpaired) electrons. The number of aliphatic imine (C=N–C) groups is 1. The molecule has 1 aromatic rings. The molecule has 1 aliphatic heterocycles. The van der Waals surface area contributed by atoms with Crippen molar-refractivity contribution < 1.29 is 9.15 Å². The molecule has 0 saturated carbocycles. The quantitative estimate of drug-likeness (QED) is 0.196. The van der Waals surface area contributed by atoms with Crippen LogP contribution in [0.4, 0.5) is 0 Å². The van der Waals surface area contributed by atoms with Gasteiger partial charge >= 0.3 is 0 Å². The number of nitrogens with one attached hydrogen (secondary N) is 2. The van der Waals surface area contributed by atoms with Gasteiger partial charge < -0.3 is 24.7 Å². The van der Waals surface area contributed by atoms with Crippen molar-refractivity contribution in [1.82, 2.24) is 15.5 Å². The Morgan fingerprint density at radius 3 is 2.75 bits per heavy atom. The van der Waals surface area contributed by atoms with E-state index in [0.29, 0.717) is 6.04 Å². The van der Waals surface area contributed by atoms with Gasteiger partial charge in [-0.15, -0.1) is 24.0 Å². The van der Waals surface area contributed by atoms with Gasteiger partial charge in [0.1, 0.15) is 5.76 Å². The van der Waals surface area contributed by atoms with Gasteiger partial charge in [0.05, 0.1) is 6.26 Å². The van der Waals surface area contributed by atoms with E-state index in [2.05, 4.69) is 22.5 Å². The average molecular weight is 506 g/mol. The molecule has 1 unspecified atom stereocenters. The van der Waals surface area contributed by atoms with Crippen molar-refractivity contribution in [3.63, 3.8) is 0 Å². The molecule has 0 bridgehead atoms. The van der Waals surface area contributed by atoms with Crippen molar-refractivity contribution >= 4 is 29.9 Å². The number of hydrogen-bond donors (Lipinski definition) is 2. The highest BCUT2D eigenvalue weighted by atomic mass is 127. The number of likely N-dealkylation sites (tertiary alicyclic amines) is 1. The third-order valence-electron chi connectivity index (χ3n) is 5.03. The van der Waals surface area contributed by atoms with Crippen LogP contribution >= 0.6 is 24.0 Å². The fourth-order valence-electron chi connectivity index (χ4n) is 3.38. The number of guanidine groups is 1. The maximum atomic E-state index is 5.40. The first-order chi connectivity index (χ1) is 13.3. The summed E-state index contributed by atoms with van der Waals surface area (Å²) in [6, 6.07) is 4.56. The third kappa shape index (κ3) is 10.7. The lowest BCUT2D eigenvalue weighted by atomic mass is 10.1. The standard InChI is InChI=1S/C21H38N4O2.HI/c1-3-26-17-8-12-22-21(24-14-11-20-9-7-18-27-20)23-13-10-19(2)25-15-5-4-6-16-25;/h7,9,18-19H,3-6,8,10-17H2,1-2H3,(H2,22,23,24);1H. The van der Waals surface area contributed by atoms with Gasteiger partial charge in [-0.3, -0.25) is 4.99 Å². The number of hydrogen-bond acceptors (Lipinski definition) is 4. The van der Waals surface area contributed by atoms with Crippen LogP contribution in [-0.2, 0) is 11.2 Å². The molecule has 2 rings (SSSR count). The van der Waals surface area contributed by atoms with E-state index in [1.165, 1.54) is 32.4 Å². The van der Waals surface area contributed by atoms with Gasteiger partial charge in [0.15, 0.2) is 5.96 Å². The van der Waals surface area contributed by atoms with Crippen LogP contribution in [0.2, 0.25) is 0 Å². The second kappa shape index (κ2) is 16.0. The lowest BCUT2D eigenvalue weighted by Gasteiger charge is -2.32. The number of halogens is 1. The topological polar surface area (TPSA) is 62.0 Å². The van der Waals surface area contributed by atoms with E-state index in [-0.39, 0.29) is 24.0 Å². The molecule has 162 valence electrons. The van der Waals surface area contributed by atoms with E-state index in [0.717, 1.165) is 63.8 Å². The molecule has 0 aromatic carbocycles. The predicted molar refractivity (Wildman–Crippen MR) is 127 cm³/mol. The highest BCUT2D eigenvalue weighted by molar-refractivity contribution is 14.0. The SMILES string of the molecule is CCOCCCN=C(NCCc1ccco1)NCCC(C)N1CCCCC1.I. The third-order valence-corrected chi connectivity index (χ3v) is 5.03. The van der Waals surface area contributed by atoms with Crippen LogP contribution in [0.25, 0.3) is 0 Å². The van der Waals surface area contributed by atoms with E-state index in [4.69, 9.17) is 14.1 Å². The molecule has 2 N–H and O–H groups in total. The molecule has 0 aliphatic carbocycles. The Kier molecular flexibility index (Phi) is 14.5. The van der Waals surface area contributed by atoms with Crippen molar-refractivity contribution in [2.24, 2.45) is 4.99 Å². The normalized spacial score (nSPS) is 16.4. The lowest BCUT2D eigenvalue weighted by Crippen LogP contribution is -2.42. The minimum Gasteiger partial charge on any atom is -0.469 e. The summed E-state index contributed by atoms with van der Waals surface area (Å²) in [7, 11) is 0. The molecule has 2 heterocycles. The van der Waals surface area contributed by atoms with Crippen molar-refractivity contribution in [1.29, 1.82) is 0 Å². The lowest BCUT2D eigenvalue weighted by molar-refractivity contribution is 0.146. The summed E-state index contributed by atoms with van der Waals surface area (Å²) in [5, 5.41) is 6.93. The van der Waals surface area contributed by atoms with Crippen molar-refractivity contribution in [3.05, 3.63) is 24.2 Å². The molecule has 1 saturated heterocycles. The van der Waals surface area contributed by atoms with Crippen LogP contribution in [0.5, 0.6) is 0 Å². The fourth-order valence-corrected chi connectivity index (χ4v) is 3.38. The Hall–Kier alpha value is -0.800. The van der Waals surface area contributed by atoms with E-state index >= 15 is 0 Å². The fraction of sp³-hybridized carbons (Fsp3) is 0.762. The highest BCUT2D eigenvalue weighted by Crippen LogP contribution is 2.13. The zero-order valence-electron chi connectivity index (χ0n) is 17.6. The van der Waals surface area contributed by atoms with Crippen LogP contribution in [-0.4, -0.2) is 62.8 Å². The monoisotopic (exact) mass is 506 g/mol. The van der Waals surface area contributed by atoms with Gasteiger partial charge in [0.2, 0.25) is 0 Å². The van der Waals surface area contributed by atoms with Crippen molar-refractivity contribution in [2.75, 3.05) is 45.9 Å². The Morgan fingerprint density at radius 2 is 2.04 bits per heavy atom. The summed E-state index contributed by atoms with van der Waals surface area (Å²) < 4.78 is 10.8. The number of piperidine rings is 1. The molecule has 0 amide bonds. The van der Waals surface area contributed by atoms with Crippen molar-refractivity contribution in [3.8, 4) is 0 Å². The molecule has 1 aliphatic rings. The second-order valence-electron chi connectivity index (χ2n) is 7.20. The molecule has 1 aromatic heterocycles. The number of ether oxygens (including phenoxy) is 1. The smallest absolute Gasteiger partial charge is 0.191 e. The first-order valence-corrected chi connectivity index (χ1v) is 10.7. The zero-order valence-corrected chi connectivity index (χ0v) is 20.0. The van der Waals surface area contributed by atoms with Crippen LogP contribution in [0.15, 0.2) is 27.8 Å². The predicted octanol–water partition coefficient (Wildman–Crippen LogP) is 3.67. The average Bonchev–Trinajstić information content (AvgIpc) is 3.21. The van der Waals surface area contributed by atoms with Gasteiger partial charge in [-0.25, -0.2) is 0 Å². The van der Waals surface area contributed by atoms with Crippen molar-refractivity contribution in [2.45, 2.75) is 58.4 Å². The summed E-state index contributed by atoms with van der Waals surface area (Å²) in [4.78, 5) is 7.31. The first-order valence-electron chi connectivity index (χ1n) is 10.7.